The Labute approximate surface area is 195 Å². The van der Waals surface area contributed by atoms with E-state index in [0.29, 0.717) is 32.4 Å². The lowest BCUT2D eigenvalue weighted by atomic mass is 9.99. The van der Waals surface area contributed by atoms with E-state index in [1.54, 1.807) is 22.7 Å². The fraction of sp³-hybridized carbons (Fsp3) is 0.364. The molecule has 3 aromatic rings. The second kappa shape index (κ2) is 9.78. The van der Waals surface area contributed by atoms with Crippen LogP contribution in [0.15, 0.2) is 46.7 Å². The van der Waals surface area contributed by atoms with Crippen LogP contribution >= 0.6 is 22.7 Å². The van der Waals surface area contributed by atoms with E-state index in [4.69, 9.17) is 0 Å². The van der Waals surface area contributed by atoms with Gasteiger partial charge in [0.05, 0.1) is 26.4 Å². The first kappa shape index (κ1) is 23.0. The highest BCUT2D eigenvalue weighted by molar-refractivity contribution is 7.89. The maximum atomic E-state index is 13.2. The lowest BCUT2D eigenvalue weighted by Gasteiger charge is -2.31. The Balaban J connectivity index is 1.31. The van der Waals surface area contributed by atoms with Crippen LogP contribution in [0.1, 0.15) is 22.7 Å². The van der Waals surface area contributed by atoms with Crippen molar-refractivity contribution >= 4 is 38.6 Å². The molecular weight excluding hydrogens is 469 g/mol. The number of amides is 1. The molecule has 1 amide bonds. The third kappa shape index (κ3) is 5.25. The molecule has 32 heavy (non-hydrogen) atoms. The molecule has 3 heterocycles. The quantitative estimate of drug-likeness (QED) is 0.538. The van der Waals surface area contributed by atoms with Crippen LogP contribution in [-0.4, -0.2) is 43.2 Å². The van der Waals surface area contributed by atoms with Gasteiger partial charge in [-0.25, -0.2) is 17.8 Å². The first-order chi connectivity index (χ1) is 15.3. The number of rotatable bonds is 7. The number of nitrogens with zero attached hydrogens (tertiary/aromatic N) is 2. The topological polar surface area (TPSA) is 79.4 Å². The van der Waals surface area contributed by atoms with Gasteiger partial charge in [-0.1, -0.05) is 0 Å². The van der Waals surface area contributed by atoms with Gasteiger partial charge in [-0.2, -0.15) is 4.31 Å². The van der Waals surface area contributed by atoms with E-state index >= 15 is 0 Å². The van der Waals surface area contributed by atoms with Crippen molar-refractivity contribution in [3.8, 4) is 10.6 Å². The predicted octanol–water partition coefficient (Wildman–Crippen LogP) is 4.08. The van der Waals surface area contributed by atoms with Gasteiger partial charge in [0.1, 0.15) is 5.82 Å². The first-order valence-corrected chi connectivity index (χ1v) is 13.5. The summed E-state index contributed by atoms with van der Waals surface area (Å²) < 4.78 is 40.2. The molecule has 1 atom stereocenters. The van der Waals surface area contributed by atoms with E-state index in [1.165, 1.54) is 16.4 Å². The van der Waals surface area contributed by atoms with Gasteiger partial charge in [0.25, 0.3) is 0 Å². The molecule has 1 aliphatic heterocycles. The molecule has 10 heteroatoms. The molecule has 1 saturated heterocycles. The Morgan fingerprint density at radius 1 is 1.25 bits per heavy atom. The van der Waals surface area contributed by atoms with Gasteiger partial charge in [-0.05, 0) is 62.6 Å². The van der Waals surface area contributed by atoms with E-state index in [1.807, 2.05) is 12.3 Å². The molecule has 1 aromatic carbocycles. The highest BCUT2D eigenvalue weighted by atomic mass is 32.2. The molecule has 4 rings (SSSR count). The first-order valence-electron chi connectivity index (χ1n) is 10.4. The largest absolute Gasteiger partial charge is 0.355 e. The number of carbonyl (C=O) groups is 1. The average molecular weight is 494 g/mol. The van der Waals surface area contributed by atoms with E-state index < -0.39 is 21.8 Å². The normalized spacial score (nSPS) is 17.4. The SMILES string of the molecule is Cc1nc(-c2ccc(CCNC(=O)C3CCCN(S(=O)(=O)c4ccc(F)cc4)C3)s2)cs1. The number of aromatic nitrogens is 1. The van der Waals surface area contributed by atoms with Crippen molar-refractivity contribution in [2.45, 2.75) is 31.1 Å². The number of halogens is 1. The number of aryl methyl sites for hydroxylation is 1. The van der Waals surface area contributed by atoms with E-state index in [0.717, 1.165) is 32.6 Å². The highest BCUT2D eigenvalue weighted by Gasteiger charge is 2.33. The van der Waals surface area contributed by atoms with E-state index in [2.05, 4.69) is 22.4 Å². The summed E-state index contributed by atoms with van der Waals surface area (Å²) in [4.78, 5) is 19.5. The minimum absolute atomic E-state index is 0.0452. The van der Waals surface area contributed by atoms with Crippen molar-refractivity contribution in [3.63, 3.8) is 0 Å². The van der Waals surface area contributed by atoms with Gasteiger partial charge in [0.2, 0.25) is 15.9 Å². The summed E-state index contributed by atoms with van der Waals surface area (Å²) in [6.07, 6.45) is 1.97. The van der Waals surface area contributed by atoms with Gasteiger partial charge < -0.3 is 5.32 Å². The molecule has 1 aliphatic rings. The summed E-state index contributed by atoms with van der Waals surface area (Å²) in [6, 6.07) is 8.89. The van der Waals surface area contributed by atoms with Crippen molar-refractivity contribution in [1.82, 2.24) is 14.6 Å². The lowest BCUT2D eigenvalue weighted by molar-refractivity contribution is -0.126. The number of hydrogen-bond acceptors (Lipinski definition) is 6. The molecule has 1 unspecified atom stereocenters. The number of thiazole rings is 1. The smallest absolute Gasteiger partial charge is 0.243 e. The zero-order chi connectivity index (χ0) is 22.7. The Morgan fingerprint density at radius 2 is 2.03 bits per heavy atom. The van der Waals surface area contributed by atoms with Crippen molar-refractivity contribution in [2.75, 3.05) is 19.6 Å². The predicted molar refractivity (Wildman–Crippen MR) is 125 cm³/mol. The number of hydrogen-bond donors (Lipinski definition) is 1. The molecule has 1 fully saturated rings. The zero-order valence-corrected chi connectivity index (χ0v) is 20.0. The fourth-order valence-electron chi connectivity index (χ4n) is 3.71. The van der Waals surface area contributed by atoms with Gasteiger partial charge in [-0.15, -0.1) is 22.7 Å². The van der Waals surface area contributed by atoms with Crippen LogP contribution in [0.3, 0.4) is 0 Å². The van der Waals surface area contributed by atoms with Crippen molar-refractivity contribution in [2.24, 2.45) is 5.92 Å². The lowest BCUT2D eigenvalue weighted by Crippen LogP contribution is -2.45. The molecule has 6 nitrogen and oxygen atoms in total. The van der Waals surface area contributed by atoms with Crippen LogP contribution < -0.4 is 5.32 Å². The van der Waals surface area contributed by atoms with E-state index in [9.17, 15) is 17.6 Å². The number of carbonyl (C=O) groups excluding carboxylic acids is 1. The number of sulfonamides is 1. The molecule has 0 spiro atoms. The second-order valence-electron chi connectivity index (χ2n) is 7.71. The van der Waals surface area contributed by atoms with E-state index in [-0.39, 0.29) is 17.3 Å². The zero-order valence-electron chi connectivity index (χ0n) is 17.6. The molecular formula is C22H24FN3O3S3. The molecule has 170 valence electrons. The summed E-state index contributed by atoms with van der Waals surface area (Å²) in [7, 11) is -3.75. The number of piperidine rings is 1. The van der Waals surface area contributed by atoms with Crippen LogP contribution in [0, 0.1) is 18.7 Å². The van der Waals surface area contributed by atoms with Crippen LogP contribution in [0.5, 0.6) is 0 Å². The number of thiophene rings is 1. The highest BCUT2D eigenvalue weighted by Crippen LogP contribution is 2.29. The molecule has 0 bridgehead atoms. The molecule has 0 saturated carbocycles. The summed E-state index contributed by atoms with van der Waals surface area (Å²) in [5.41, 5.74) is 0.984. The number of nitrogens with one attached hydrogen (secondary N) is 1. The maximum Gasteiger partial charge on any atom is 0.243 e. The van der Waals surface area contributed by atoms with Crippen LogP contribution in [0.2, 0.25) is 0 Å². The van der Waals surface area contributed by atoms with Gasteiger partial charge in [-0.3, -0.25) is 4.79 Å². The van der Waals surface area contributed by atoms with Crippen LogP contribution in [0.4, 0.5) is 4.39 Å². The third-order valence-corrected chi connectivity index (χ3v) is 9.23. The second-order valence-corrected chi connectivity index (χ2v) is 11.9. The van der Waals surface area contributed by atoms with Crippen molar-refractivity contribution in [1.29, 1.82) is 0 Å². The fourth-order valence-corrected chi connectivity index (χ4v) is 6.89. The molecule has 0 radical (unpaired) electrons. The van der Waals surface area contributed by atoms with Crippen LogP contribution in [-0.2, 0) is 21.2 Å². The van der Waals surface area contributed by atoms with Gasteiger partial charge >= 0.3 is 0 Å². The summed E-state index contributed by atoms with van der Waals surface area (Å²) in [5, 5.41) is 6.03. The Bertz CT molecular complexity index is 1190. The minimum Gasteiger partial charge on any atom is -0.355 e. The summed E-state index contributed by atoms with van der Waals surface area (Å²) in [5.74, 6) is -1.01. The van der Waals surface area contributed by atoms with Gasteiger partial charge in [0, 0.05) is 29.9 Å². The molecule has 2 aromatic heterocycles. The van der Waals surface area contributed by atoms with Crippen molar-refractivity contribution < 1.29 is 17.6 Å². The minimum atomic E-state index is -3.75. The Morgan fingerprint density at radius 3 is 2.75 bits per heavy atom. The Kier molecular flexibility index (Phi) is 7.04. The van der Waals surface area contributed by atoms with Crippen LogP contribution in [0.25, 0.3) is 10.6 Å². The molecule has 0 aliphatic carbocycles. The van der Waals surface area contributed by atoms with Crippen molar-refractivity contribution in [3.05, 3.63) is 57.5 Å². The summed E-state index contributed by atoms with van der Waals surface area (Å²) in [6.45, 7) is 2.97. The number of benzene rings is 1. The van der Waals surface area contributed by atoms with Gasteiger partial charge in [0.15, 0.2) is 0 Å². The Hall–Kier alpha value is -2.14. The third-order valence-electron chi connectivity index (χ3n) is 5.41. The monoisotopic (exact) mass is 493 g/mol. The molecule has 1 N–H and O–H groups in total. The maximum absolute atomic E-state index is 13.2. The average Bonchev–Trinajstić information content (AvgIpc) is 3.43. The summed E-state index contributed by atoms with van der Waals surface area (Å²) >= 11 is 3.29. The standard InChI is InChI=1S/C22H24FN3O3S3/c1-15-25-20(14-30-15)21-9-6-18(31-21)10-11-24-22(27)16-3-2-12-26(13-16)32(28,29)19-7-4-17(23)5-8-19/h4-9,14,16H,2-3,10-13H2,1H3,(H,24,27).